The van der Waals surface area contributed by atoms with Crippen LogP contribution >= 0.6 is 0 Å². The van der Waals surface area contributed by atoms with Crippen LogP contribution in [0.25, 0.3) is 0 Å². The largest absolute Gasteiger partial charge is 0.347 e. The van der Waals surface area contributed by atoms with Crippen molar-refractivity contribution < 1.29 is 4.79 Å². The maximum absolute atomic E-state index is 11.2. The van der Waals surface area contributed by atoms with Gasteiger partial charge in [-0.3, -0.25) is 4.79 Å². The van der Waals surface area contributed by atoms with Gasteiger partial charge < -0.3 is 16.0 Å². The molecule has 0 saturated carbocycles. The molecular weight excluding hydrogens is 156 g/mol. The third-order valence-electron chi connectivity index (χ3n) is 1.47. The standard InChI is InChI=1S/C7H12N4O/c1-5(2-8)11-7(12)6-3-9-4-10-6/h3-5H,2,8H2,1H3,(H,9,10)(H,11,12). The Hall–Kier alpha value is -1.36. The number of nitrogens with two attached hydrogens (primary N) is 1. The molecule has 1 unspecified atom stereocenters. The number of rotatable bonds is 3. The maximum atomic E-state index is 11.2. The van der Waals surface area contributed by atoms with E-state index in [1.54, 1.807) is 0 Å². The Morgan fingerprint density at radius 1 is 1.92 bits per heavy atom. The van der Waals surface area contributed by atoms with Crippen LogP contribution in [0.1, 0.15) is 17.4 Å². The Morgan fingerprint density at radius 2 is 2.67 bits per heavy atom. The van der Waals surface area contributed by atoms with Crippen LogP contribution in [-0.2, 0) is 0 Å². The van der Waals surface area contributed by atoms with Crippen LogP contribution in [0.2, 0.25) is 0 Å². The van der Waals surface area contributed by atoms with Crippen molar-refractivity contribution >= 4 is 5.91 Å². The van der Waals surface area contributed by atoms with E-state index < -0.39 is 0 Å². The maximum Gasteiger partial charge on any atom is 0.269 e. The first kappa shape index (κ1) is 8.73. The SMILES string of the molecule is CC(CN)NC(=O)c1cnc[nH]1. The molecule has 0 radical (unpaired) electrons. The predicted molar refractivity (Wildman–Crippen MR) is 44.6 cm³/mol. The predicted octanol–water partition coefficient (Wildman–Crippen LogP) is -0.513. The first-order valence-corrected chi connectivity index (χ1v) is 3.73. The number of hydrogen-bond acceptors (Lipinski definition) is 3. The van der Waals surface area contributed by atoms with Gasteiger partial charge >= 0.3 is 0 Å². The normalized spacial score (nSPS) is 12.5. The quantitative estimate of drug-likeness (QED) is 0.568. The molecule has 4 N–H and O–H groups in total. The molecule has 1 atom stereocenters. The van der Waals surface area contributed by atoms with Crippen LogP contribution in [0.15, 0.2) is 12.5 Å². The number of aromatic amines is 1. The molecule has 5 nitrogen and oxygen atoms in total. The third-order valence-corrected chi connectivity index (χ3v) is 1.47. The lowest BCUT2D eigenvalue weighted by Crippen LogP contribution is -2.37. The number of amides is 1. The van der Waals surface area contributed by atoms with E-state index in [9.17, 15) is 4.79 Å². The molecule has 0 aliphatic rings. The van der Waals surface area contributed by atoms with Crippen LogP contribution in [0.5, 0.6) is 0 Å². The molecule has 0 aliphatic heterocycles. The summed E-state index contributed by atoms with van der Waals surface area (Å²) in [6.45, 7) is 2.27. The molecule has 0 saturated heterocycles. The summed E-state index contributed by atoms with van der Waals surface area (Å²) in [7, 11) is 0. The first-order valence-electron chi connectivity index (χ1n) is 3.73. The number of carbonyl (C=O) groups is 1. The highest BCUT2D eigenvalue weighted by atomic mass is 16.1. The van der Waals surface area contributed by atoms with Crippen molar-refractivity contribution in [1.82, 2.24) is 15.3 Å². The zero-order chi connectivity index (χ0) is 8.97. The van der Waals surface area contributed by atoms with Gasteiger partial charge in [0.15, 0.2) is 0 Å². The molecule has 0 bridgehead atoms. The van der Waals surface area contributed by atoms with Crippen molar-refractivity contribution in [2.24, 2.45) is 5.73 Å². The number of aromatic nitrogens is 2. The van der Waals surface area contributed by atoms with Gasteiger partial charge in [0.2, 0.25) is 0 Å². The molecule has 12 heavy (non-hydrogen) atoms. The molecule has 66 valence electrons. The van der Waals surface area contributed by atoms with Crippen molar-refractivity contribution in [3.63, 3.8) is 0 Å². The molecule has 1 heterocycles. The van der Waals surface area contributed by atoms with Crippen molar-refractivity contribution in [3.05, 3.63) is 18.2 Å². The van der Waals surface area contributed by atoms with E-state index >= 15 is 0 Å². The van der Waals surface area contributed by atoms with Crippen LogP contribution in [0, 0.1) is 0 Å². The van der Waals surface area contributed by atoms with Crippen molar-refractivity contribution in [1.29, 1.82) is 0 Å². The second kappa shape index (κ2) is 3.87. The fraction of sp³-hybridized carbons (Fsp3) is 0.429. The summed E-state index contributed by atoms with van der Waals surface area (Å²) in [6, 6.07) is -0.0131. The van der Waals surface area contributed by atoms with Gasteiger partial charge in [-0.2, -0.15) is 0 Å². The summed E-state index contributed by atoms with van der Waals surface area (Å²) < 4.78 is 0. The summed E-state index contributed by atoms with van der Waals surface area (Å²) >= 11 is 0. The fourth-order valence-corrected chi connectivity index (χ4v) is 0.741. The lowest BCUT2D eigenvalue weighted by atomic mass is 10.3. The van der Waals surface area contributed by atoms with Crippen molar-refractivity contribution in [3.8, 4) is 0 Å². The summed E-state index contributed by atoms with van der Waals surface area (Å²) in [6.07, 6.45) is 2.93. The lowest BCUT2D eigenvalue weighted by molar-refractivity contribution is 0.0937. The van der Waals surface area contributed by atoms with Gasteiger partial charge in [-0.1, -0.05) is 0 Å². The van der Waals surface area contributed by atoms with E-state index in [4.69, 9.17) is 5.73 Å². The Morgan fingerprint density at radius 3 is 3.17 bits per heavy atom. The fourth-order valence-electron chi connectivity index (χ4n) is 0.741. The number of nitrogens with zero attached hydrogens (tertiary/aromatic N) is 1. The molecule has 1 aromatic heterocycles. The summed E-state index contributed by atoms with van der Waals surface area (Å²) in [5, 5.41) is 2.70. The Kier molecular flexibility index (Phi) is 2.82. The molecule has 1 aromatic rings. The Balaban J connectivity index is 2.50. The molecule has 0 spiro atoms. The Bertz CT molecular complexity index is 244. The van der Waals surface area contributed by atoms with E-state index in [2.05, 4.69) is 15.3 Å². The highest BCUT2D eigenvalue weighted by Gasteiger charge is 2.08. The van der Waals surface area contributed by atoms with Gasteiger partial charge in [0.05, 0.1) is 12.5 Å². The van der Waals surface area contributed by atoms with Gasteiger partial charge in [-0.05, 0) is 6.92 Å². The van der Waals surface area contributed by atoms with Crippen molar-refractivity contribution in [2.75, 3.05) is 6.54 Å². The van der Waals surface area contributed by atoms with Gasteiger partial charge in [-0.25, -0.2) is 4.98 Å². The van der Waals surface area contributed by atoms with Gasteiger partial charge in [0, 0.05) is 12.6 Å². The summed E-state index contributed by atoms with van der Waals surface area (Å²) in [5.74, 6) is -0.176. The number of nitrogens with one attached hydrogen (secondary N) is 2. The topological polar surface area (TPSA) is 83.8 Å². The van der Waals surface area contributed by atoms with E-state index in [0.717, 1.165) is 0 Å². The zero-order valence-electron chi connectivity index (χ0n) is 6.87. The van der Waals surface area contributed by atoms with Gasteiger partial charge in [0.25, 0.3) is 5.91 Å². The highest BCUT2D eigenvalue weighted by molar-refractivity contribution is 5.92. The zero-order valence-corrected chi connectivity index (χ0v) is 6.87. The minimum atomic E-state index is -0.176. The molecule has 0 aliphatic carbocycles. The smallest absolute Gasteiger partial charge is 0.269 e. The number of H-pyrrole nitrogens is 1. The van der Waals surface area contributed by atoms with Crippen LogP contribution < -0.4 is 11.1 Å². The number of carbonyl (C=O) groups excluding carboxylic acids is 1. The minimum absolute atomic E-state index is 0.0131. The highest BCUT2D eigenvalue weighted by Crippen LogP contribution is 1.90. The monoisotopic (exact) mass is 168 g/mol. The van der Waals surface area contributed by atoms with Gasteiger partial charge in [-0.15, -0.1) is 0 Å². The average Bonchev–Trinajstić information content (AvgIpc) is 2.56. The van der Waals surface area contributed by atoms with Crippen LogP contribution in [0.3, 0.4) is 0 Å². The summed E-state index contributed by atoms with van der Waals surface area (Å²) in [5.41, 5.74) is 5.79. The Labute approximate surface area is 70.4 Å². The second-order valence-corrected chi connectivity index (χ2v) is 2.58. The summed E-state index contributed by atoms with van der Waals surface area (Å²) in [4.78, 5) is 17.7. The van der Waals surface area contributed by atoms with Crippen LogP contribution in [-0.4, -0.2) is 28.5 Å². The van der Waals surface area contributed by atoms with Crippen molar-refractivity contribution in [2.45, 2.75) is 13.0 Å². The lowest BCUT2D eigenvalue weighted by Gasteiger charge is -2.09. The molecule has 1 rings (SSSR count). The molecular formula is C7H12N4O. The molecule has 1 amide bonds. The average molecular weight is 168 g/mol. The number of hydrogen-bond donors (Lipinski definition) is 3. The first-order chi connectivity index (χ1) is 5.74. The molecule has 0 aromatic carbocycles. The van der Waals surface area contributed by atoms with Crippen LogP contribution in [0.4, 0.5) is 0 Å². The minimum Gasteiger partial charge on any atom is -0.347 e. The number of imidazole rings is 1. The third kappa shape index (κ3) is 2.06. The molecule has 0 fully saturated rings. The van der Waals surface area contributed by atoms with Gasteiger partial charge in [0.1, 0.15) is 5.69 Å². The van der Waals surface area contributed by atoms with E-state index in [1.807, 2.05) is 6.92 Å². The van der Waals surface area contributed by atoms with E-state index in [1.165, 1.54) is 12.5 Å². The van der Waals surface area contributed by atoms with E-state index in [-0.39, 0.29) is 11.9 Å². The second-order valence-electron chi connectivity index (χ2n) is 2.58. The van der Waals surface area contributed by atoms with E-state index in [0.29, 0.717) is 12.2 Å². The molecule has 5 heteroatoms.